The number of nitrogens with one attached hydrogen (secondary N) is 1. The van der Waals surface area contributed by atoms with Gasteiger partial charge >= 0.3 is 0 Å². The molecule has 1 N–H and O–H groups in total. The molecule has 3 nitrogen and oxygen atoms in total. The minimum Gasteiger partial charge on any atom is -0.343 e. The fraction of sp³-hybridized carbons (Fsp3) is 0.611. The molecule has 1 aliphatic heterocycles. The summed E-state index contributed by atoms with van der Waals surface area (Å²) in [4.78, 5) is 14.9. The summed E-state index contributed by atoms with van der Waals surface area (Å²) in [5, 5.41) is 3.63. The van der Waals surface area contributed by atoms with E-state index in [9.17, 15) is 9.18 Å². The number of carbonyl (C=O) groups excluding carboxylic acids is 1. The molecule has 23 heavy (non-hydrogen) atoms. The van der Waals surface area contributed by atoms with Gasteiger partial charge in [-0.1, -0.05) is 12.1 Å². The zero-order valence-electron chi connectivity index (χ0n) is 13.5. The fourth-order valence-corrected chi connectivity index (χ4v) is 3.83. The number of piperidine rings is 1. The molecular formula is C18H25FN2OS. The van der Waals surface area contributed by atoms with Gasteiger partial charge in [0.2, 0.25) is 5.91 Å². The molecule has 126 valence electrons. The van der Waals surface area contributed by atoms with Crippen LogP contribution in [0.5, 0.6) is 0 Å². The second-order valence-corrected chi connectivity index (χ2v) is 7.67. The average molecular weight is 336 g/mol. The maximum Gasteiger partial charge on any atom is 0.223 e. The second-order valence-electron chi connectivity index (χ2n) is 6.54. The van der Waals surface area contributed by atoms with E-state index in [-0.39, 0.29) is 11.7 Å². The summed E-state index contributed by atoms with van der Waals surface area (Å²) >= 11 is 1.42. The first-order valence-corrected chi connectivity index (χ1v) is 9.59. The van der Waals surface area contributed by atoms with Crippen LogP contribution in [0.25, 0.3) is 0 Å². The van der Waals surface area contributed by atoms with Crippen molar-refractivity contribution < 1.29 is 9.18 Å². The number of halogens is 1. The molecule has 0 radical (unpaired) electrons. The van der Waals surface area contributed by atoms with Gasteiger partial charge in [-0.2, -0.15) is 0 Å². The van der Waals surface area contributed by atoms with Gasteiger partial charge < -0.3 is 10.2 Å². The number of likely N-dealkylation sites (tertiary alicyclic amines) is 1. The van der Waals surface area contributed by atoms with E-state index in [1.807, 2.05) is 11.0 Å². The largest absolute Gasteiger partial charge is 0.343 e. The average Bonchev–Trinajstić information content (AvgIpc) is 3.39. The van der Waals surface area contributed by atoms with Crippen molar-refractivity contribution in [1.29, 1.82) is 0 Å². The van der Waals surface area contributed by atoms with Crippen LogP contribution in [0.1, 0.15) is 32.1 Å². The number of hydrogen-bond acceptors (Lipinski definition) is 3. The van der Waals surface area contributed by atoms with E-state index >= 15 is 0 Å². The van der Waals surface area contributed by atoms with Crippen LogP contribution in [0.4, 0.5) is 4.39 Å². The molecule has 0 unspecified atom stereocenters. The normalized spacial score (nSPS) is 19.1. The van der Waals surface area contributed by atoms with Crippen LogP contribution in [0, 0.1) is 11.7 Å². The first-order valence-electron chi connectivity index (χ1n) is 8.61. The van der Waals surface area contributed by atoms with E-state index in [1.165, 1.54) is 30.7 Å². The Morgan fingerprint density at radius 2 is 1.96 bits per heavy atom. The zero-order chi connectivity index (χ0) is 16.1. The molecule has 1 heterocycles. The van der Waals surface area contributed by atoms with E-state index in [1.54, 1.807) is 12.1 Å². The first kappa shape index (κ1) is 16.8. The maximum absolute atomic E-state index is 13.5. The molecule has 0 atom stereocenters. The SMILES string of the molecule is O=C(CCSc1ccccc1F)N1CCC(NCC2CC2)CC1. The Balaban J connectivity index is 1.33. The van der Waals surface area contributed by atoms with Gasteiger partial charge in [0.1, 0.15) is 5.82 Å². The number of hydrogen-bond donors (Lipinski definition) is 1. The topological polar surface area (TPSA) is 32.3 Å². The summed E-state index contributed by atoms with van der Waals surface area (Å²) in [6.45, 7) is 2.86. The molecule has 1 saturated heterocycles. The second kappa shape index (κ2) is 8.15. The highest BCUT2D eigenvalue weighted by Gasteiger charge is 2.25. The van der Waals surface area contributed by atoms with Crippen molar-refractivity contribution >= 4 is 17.7 Å². The Hall–Kier alpha value is -1.07. The van der Waals surface area contributed by atoms with Crippen LogP contribution >= 0.6 is 11.8 Å². The van der Waals surface area contributed by atoms with Crippen LogP contribution in [0.3, 0.4) is 0 Å². The molecule has 1 aliphatic carbocycles. The summed E-state index contributed by atoms with van der Waals surface area (Å²) < 4.78 is 13.5. The van der Waals surface area contributed by atoms with Gasteiger partial charge in [-0.25, -0.2) is 4.39 Å². The Morgan fingerprint density at radius 1 is 1.22 bits per heavy atom. The van der Waals surface area contributed by atoms with Crippen LogP contribution < -0.4 is 5.32 Å². The van der Waals surface area contributed by atoms with Crippen molar-refractivity contribution in [3.63, 3.8) is 0 Å². The summed E-state index contributed by atoms with van der Waals surface area (Å²) in [5.74, 6) is 1.55. The van der Waals surface area contributed by atoms with E-state index in [0.717, 1.165) is 38.4 Å². The lowest BCUT2D eigenvalue weighted by molar-refractivity contribution is -0.131. The van der Waals surface area contributed by atoms with Gasteiger partial charge in [0, 0.05) is 36.2 Å². The number of benzene rings is 1. The van der Waals surface area contributed by atoms with E-state index < -0.39 is 0 Å². The third-order valence-electron chi connectivity index (χ3n) is 4.65. The third kappa shape index (κ3) is 5.21. The molecule has 1 aromatic carbocycles. The van der Waals surface area contributed by atoms with Crippen molar-refractivity contribution in [2.75, 3.05) is 25.4 Å². The molecule has 2 aliphatic rings. The number of amides is 1. The number of nitrogens with zero attached hydrogens (tertiary/aromatic N) is 1. The van der Waals surface area contributed by atoms with Crippen LogP contribution in [-0.2, 0) is 4.79 Å². The summed E-state index contributed by atoms with van der Waals surface area (Å²) in [6, 6.07) is 7.32. The standard InChI is InChI=1S/C18H25FN2OS/c19-16-3-1-2-4-17(16)23-12-9-18(22)21-10-7-15(8-11-21)20-13-14-5-6-14/h1-4,14-15,20H,5-13H2. The molecular weight excluding hydrogens is 311 g/mol. The first-order chi connectivity index (χ1) is 11.2. The minimum atomic E-state index is -0.201. The van der Waals surface area contributed by atoms with Gasteiger partial charge in [0.15, 0.2) is 0 Å². The number of rotatable bonds is 7. The maximum atomic E-state index is 13.5. The van der Waals surface area contributed by atoms with Crippen LogP contribution in [0.2, 0.25) is 0 Å². The molecule has 0 spiro atoms. The Bertz CT molecular complexity index is 528. The van der Waals surface area contributed by atoms with Crippen molar-refractivity contribution in [3.8, 4) is 0 Å². The predicted octanol–water partition coefficient (Wildman–Crippen LogP) is 3.30. The molecule has 1 aromatic rings. The zero-order valence-corrected chi connectivity index (χ0v) is 14.3. The predicted molar refractivity (Wildman–Crippen MR) is 92.1 cm³/mol. The van der Waals surface area contributed by atoms with E-state index in [4.69, 9.17) is 0 Å². The highest BCUT2D eigenvalue weighted by molar-refractivity contribution is 7.99. The quantitative estimate of drug-likeness (QED) is 0.776. The van der Waals surface area contributed by atoms with E-state index in [2.05, 4.69) is 5.32 Å². The summed E-state index contributed by atoms with van der Waals surface area (Å²) in [5.41, 5.74) is 0. The lowest BCUT2D eigenvalue weighted by atomic mass is 10.0. The van der Waals surface area contributed by atoms with Crippen molar-refractivity contribution in [1.82, 2.24) is 10.2 Å². The number of thioether (sulfide) groups is 1. The molecule has 2 fully saturated rings. The summed E-state index contributed by atoms with van der Waals surface area (Å²) in [7, 11) is 0. The monoisotopic (exact) mass is 336 g/mol. The van der Waals surface area contributed by atoms with Gasteiger partial charge in [-0.3, -0.25) is 4.79 Å². The van der Waals surface area contributed by atoms with Gasteiger partial charge in [0.25, 0.3) is 0 Å². The van der Waals surface area contributed by atoms with Gasteiger partial charge in [-0.15, -0.1) is 11.8 Å². The van der Waals surface area contributed by atoms with Crippen LogP contribution in [-0.4, -0.2) is 42.2 Å². The third-order valence-corrected chi connectivity index (χ3v) is 5.70. The fourth-order valence-electron chi connectivity index (χ4n) is 2.96. The van der Waals surface area contributed by atoms with Crippen LogP contribution in [0.15, 0.2) is 29.2 Å². The summed E-state index contributed by atoms with van der Waals surface area (Å²) in [6.07, 6.45) is 5.35. The Morgan fingerprint density at radius 3 is 2.65 bits per heavy atom. The van der Waals surface area contributed by atoms with Crippen molar-refractivity contribution in [2.45, 2.75) is 43.0 Å². The molecule has 0 aromatic heterocycles. The molecule has 1 saturated carbocycles. The lowest BCUT2D eigenvalue weighted by Gasteiger charge is -2.32. The smallest absolute Gasteiger partial charge is 0.223 e. The minimum absolute atomic E-state index is 0.201. The molecule has 3 rings (SSSR count). The molecule has 5 heteroatoms. The molecule has 1 amide bonds. The van der Waals surface area contributed by atoms with Gasteiger partial charge in [0.05, 0.1) is 0 Å². The Kier molecular flexibility index (Phi) is 5.95. The van der Waals surface area contributed by atoms with Gasteiger partial charge in [-0.05, 0) is 50.3 Å². The van der Waals surface area contributed by atoms with Crippen molar-refractivity contribution in [3.05, 3.63) is 30.1 Å². The van der Waals surface area contributed by atoms with Crippen molar-refractivity contribution in [2.24, 2.45) is 5.92 Å². The molecule has 0 bridgehead atoms. The number of carbonyl (C=O) groups is 1. The lowest BCUT2D eigenvalue weighted by Crippen LogP contribution is -2.45. The Labute approximate surface area is 142 Å². The highest BCUT2D eigenvalue weighted by atomic mass is 32.2. The highest BCUT2D eigenvalue weighted by Crippen LogP contribution is 2.28. The van der Waals surface area contributed by atoms with E-state index in [0.29, 0.717) is 23.1 Å².